The Hall–Kier alpha value is -0.580. The van der Waals surface area contributed by atoms with Crippen LogP contribution in [0, 0.1) is 0 Å². The van der Waals surface area contributed by atoms with Gasteiger partial charge in [-0.1, -0.05) is 70.4 Å². The highest BCUT2D eigenvalue weighted by Crippen LogP contribution is 2.10. The molecule has 0 aliphatic rings. The third-order valence-corrected chi connectivity index (χ3v) is 5.31. The largest absolute Gasteiger partial charge is 1.00 e. The van der Waals surface area contributed by atoms with Crippen LogP contribution in [0.2, 0.25) is 0 Å². The van der Waals surface area contributed by atoms with Gasteiger partial charge >= 0.3 is 5.97 Å². The zero-order chi connectivity index (χ0) is 20.9. The number of aliphatic hydroxyl groups excluding tert-OH is 1. The van der Waals surface area contributed by atoms with E-state index in [0.717, 1.165) is 19.4 Å². The molecule has 0 saturated heterocycles. The molecule has 0 aliphatic carbocycles. The lowest BCUT2D eigenvalue weighted by Gasteiger charge is -2.28. The quantitative estimate of drug-likeness (QED) is 0.139. The number of esters is 1. The van der Waals surface area contributed by atoms with Gasteiger partial charge < -0.3 is 26.7 Å². The third kappa shape index (κ3) is 23.6. The molecule has 0 rings (SSSR count). The first-order chi connectivity index (χ1) is 13.5. The molecular formula is C24H48ClNO3. The van der Waals surface area contributed by atoms with E-state index in [1.54, 1.807) is 0 Å². The van der Waals surface area contributed by atoms with Gasteiger partial charge in [-0.25, -0.2) is 0 Å². The molecule has 0 aliphatic heterocycles. The molecule has 0 aromatic carbocycles. The Labute approximate surface area is 187 Å². The first-order valence-electron chi connectivity index (χ1n) is 11.8. The molecule has 0 amide bonds. The molecule has 174 valence electrons. The average molecular weight is 434 g/mol. The second kappa shape index (κ2) is 22.1. The fourth-order valence-electron chi connectivity index (χ4n) is 3.20. The molecule has 0 bridgehead atoms. The van der Waals surface area contributed by atoms with Crippen LogP contribution in [0.4, 0.5) is 0 Å². The van der Waals surface area contributed by atoms with Crippen molar-refractivity contribution in [2.24, 2.45) is 0 Å². The lowest BCUT2D eigenvalue weighted by molar-refractivity contribution is -0.890. The monoisotopic (exact) mass is 433 g/mol. The van der Waals surface area contributed by atoms with E-state index in [4.69, 9.17) is 9.84 Å². The van der Waals surface area contributed by atoms with Crippen molar-refractivity contribution < 1.29 is 31.5 Å². The summed E-state index contributed by atoms with van der Waals surface area (Å²) in [7, 11) is 4.07. The van der Waals surface area contributed by atoms with Gasteiger partial charge in [0.2, 0.25) is 0 Å². The van der Waals surface area contributed by atoms with Crippen molar-refractivity contribution in [3.8, 4) is 0 Å². The predicted molar refractivity (Wildman–Crippen MR) is 119 cm³/mol. The van der Waals surface area contributed by atoms with Crippen molar-refractivity contribution in [1.29, 1.82) is 0 Å². The Morgan fingerprint density at radius 1 is 0.828 bits per heavy atom. The number of rotatable bonds is 20. The number of hydrogen-bond donors (Lipinski definition) is 1. The molecule has 0 radical (unpaired) electrons. The molecule has 0 aromatic heterocycles. The summed E-state index contributed by atoms with van der Waals surface area (Å²) >= 11 is 0. The van der Waals surface area contributed by atoms with Gasteiger partial charge in [0.1, 0.15) is 19.7 Å². The zero-order valence-electron chi connectivity index (χ0n) is 19.5. The Morgan fingerprint density at radius 3 is 1.90 bits per heavy atom. The van der Waals surface area contributed by atoms with E-state index in [-0.39, 0.29) is 25.0 Å². The number of nitrogens with zero attached hydrogens (tertiary/aromatic N) is 1. The number of carbonyl (C=O) groups excluding carboxylic acids is 1. The normalized spacial score (nSPS) is 11.6. The summed E-state index contributed by atoms with van der Waals surface area (Å²) in [5.74, 6) is -0.0818. The maximum atomic E-state index is 11.7. The minimum Gasteiger partial charge on any atom is -1.00 e. The number of unbranched alkanes of at least 4 members (excludes halogenated alkanes) is 11. The van der Waals surface area contributed by atoms with Gasteiger partial charge in [-0.3, -0.25) is 4.79 Å². The number of likely N-dealkylation sites (N-methyl/N-ethyl adjacent to an activating group) is 1. The summed E-state index contributed by atoms with van der Waals surface area (Å²) in [6.45, 7) is 4.30. The zero-order valence-corrected chi connectivity index (χ0v) is 20.2. The smallest absolute Gasteiger partial charge is 0.305 e. The molecule has 0 unspecified atom stereocenters. The van der Waals surface area contributed by atoms with E-state index < -0.39 is 0 Å². The van der Waals surface area contributed by atoms with E-state index in [0.29, 0.717) is 24.1 Å². The second-order valence-electron chi connectivity index (χ2n) is 8.66. The van der Waals surface area contributed by atoms with Gasteiger partial charge in [0.05, 0.1) is 20.7 Å². The molecule has 1 N–H and O–H groups in total. The standard InChI is InChI=1S/C24H48NO3.ClH/c1-4-5-6-7-8-9-10-11-12-13-14-15-16-17-18-19-24(27)28-23-21-25(2,3)20-22-26;/h11-12,26H,4-10,13-23H2,1-3H3;1H/q+1;/p-1/b12-11-;. The van der Waals surface area contributed by atoms with Gasteiger partial charge in [-0.15, -0.1) is 0 Å². The van der Waals surface area contributed by atoms with E-state index in [2.05, 4.69) is 19.1 Å². The predicted octanol–water partition coefficient (Wildman–Crippen LogP) is 2.64. The number of ether oxygens (including phenoxy) is 1. The fraction of sp³-hybridized carbons (Fsp3) is 0.875. The summed E-state index contributed by atoms with van der Waals surface area (Å²) in [5, 5.41) is 8.99. The van der Waals surface area contributed by atoms with E-state index >= 15 is 0 Å². The van der Waals surface area contributed by atoms with Crippen LogP contribution >= 0.6 is 0 Å². The lowest BCUT2D eigenvalue weighted by Crippen LogP contribution is -3.00. The average Bonchev–Trinajstić information content (AvgIpc) is 2.64. The van der Waals surface area contributed by atoms with Crippen LogP contribution in [0.15, 0.2) is 12.2 Å². The topological polar surface area (TPSA) is 46.5 Å². The summed E-state index contributed by atoms with van der Waals surface area (Å²) < 4.78 is 5.98. The van der Waals surface area contributed by atoms with Gasteiger partial charge in [-0.2, -0.15) is 0 Å². The molecule has 0 atom stereocenters. The maximum absolute atomic E-state index is 11.7. The van der Waals surface area contributed by atoms with Gasteiger partial charge in [0, 0.05) is 6.42 Å². The molecule has 0 heterocycles. The van der Waals surface area contributed by atoms with Gasteiger partial charge in [-0.05, 0) is 32.1 Å². The fourth-order valence-corrected chi connectivity index (χ4v) is 3.20. The first kappa shape index (κ1) is 30.6. The lowest BCUT2D eigenvalue weighted by atomic mass is 10.1. The van der Waals surface area contributed by atoms with Crippen molar-refractivity contribution >= 4 is 5.97 Å². The number of carbonyl (C=O) groups is 1. The van der Waals surface area contributed by atoms with Crippen molar-refractivity contribution in [3.63, 3.8) is 0 Å². The van der Waals surface area contributed by atoms with Gasteiger partial charge in [0.15, 0.2) is 0 Å². The molecule has 0 spiro atoms. The Balaban J connectivity index is 0. The molecule has 5 heteroatoms. The van der Waals surface area contributed by atoms with Crippen molar-refractivity contribution in [2.75, 3.05) is 40.4 Å². The van der Waals surface area contributed by atoms with Crippen molar-refractivity contribution in [1.82, 2.24) is 0 Å². The van der Waals surface area contributed by atoms with E-state index in [9.17, 15) is 4.79 Å². The Kier molecular flexibility index (Phi) is 23.3. The molecule has 0 saturated carbocycles. The number of hydrogen-bond acceptors (Lipinski definition) is 3. The Morgan fingerprint density at radius 2 is 1.34 bits per heavy atom. The molecule has 4 nitrogen and oxygen atoms in total. The second-order valence-corrected chi connectivity index (χ2v) is 8.66. The molecule has 0 aromatic rings. The minimum absolute atomic E-state index is 0. The van der Waals surface area contributed by atoms with Crippen LogP contribution in [-0.2, 0) is 9.53 Å². The maximum Gasteiger partial charge on any atom is 0.305 e. The molecule has 29 heavy (non-hydrogen) atoms. The summed E-state index contributed by atoms with van der Waals surface area (Å²) in [4.78, 5) is 11.7. The number of aliphatic hydroxyl groups is 1. The van der Waals surface area contributed by atoms with E-state index in [1.807, 2.05) is 14.1 Å². The third-order valence-electron chi connectivity index (χ3n) is 5.31. The van der Waals surface area contributed by atoms with Crippen LogP contribution in [0.25, 0.3) is 0 Å². The summed E-state index contributed by atoms with van der Waals surface area (Å²) in [6.07, 6.45) is 21.7. The Bertz CT molecular complexity index is 386. The number of halogens is 1. The van der Waals surface area contributed by atoms with Crippen LogP contribution < -0.4 is 12.4 Å². The molecular weight excluding hydrogens is 386 g/mol. The van der Waals surface area contributed by atoms with E-state index in [1.165, 1.54) is 70.6 Å². The number of quaternary nitrogens is 1. The minimum atomic E-state index is -0.0818. The highest BCUT2D eigenvalue weighted by Gasteiger charge is 2.14. The molecule has 0 fully saturated rings. The van der Waals surface area contributed by atoms with Gasteiger partial charge in [0.25, 0.3) is 0 Å². The van der Waals surface area contributed by atoms with Crippen LogP contribution in [0.1, 0.15) is 96.8 Å². The first-order valence-corrected chi connectivity index (χ1v) is 11.8. The van der Waals surface area contributed by atoms with Crippen molar-refractivity contribution in [2.45, 2.75) is 96.8 Å². The number of allylic oxidation sites excluding steroid dienone is 2. The van der Waals surface area contributed by atoms with Crippen molar-refractivity contribution in [3.05, 3.63) is 12.2 Å². The highest BCUT2D eigenvalue weighted by atomic mass is 35.5. The van der Waals surface area contributed by atoms with Crippen LogP contribution in [0.3, 0.4) is 0 Å². The summed E-state index contributed by atoms with van der Waals surface area (Å²) in [6, 6.07) is 0. The SMILES string of the molecule is CCCCCCCC/C=C\CCCCCCCC(=O)OCC[N+](C)(C)CCO.[Cl-]. The van der Waals surface area contributed by atoms with Crippen LogP contribution in [-0.4, -0.2) is 56.0 Å². The van der Waals surface area contributed by atoms with Crippen LogP contribution in [0.5, 0.6) is 0 Å². The summed E-state index contributed by atoms with van der Waals surface area (Å²) in [5.41, 5.74) is 0. The highest BCUT2D eigenvalue weighted by molar-refractivity contribution is 5.69.